The Kier molecular flexibility index (Phi) is 5.16. The maximum atomic E-state index is 10.8. The molecule has 0 heterocycles. The Morgan fingerprint density at radius 2 is 1.82 bits per heavy atom. The lowest BCUT2D eigenvalue weighted by molar-refractivity contribution is -0.119. The van der Waals surface area contributed by atoms with Crippen molar-refractivity contribution < 1.29 is 4.79 Å². The van der Waals surface area contributed by atoms with Crippen molar-refractivity contribution in [3.63, 3.8) is 0 Å². The first-order valence-corrected chi connectivity index (χ1v) is 6.14. The second-order valence-electron chi connectivity index (χ2n) is 4.80. The molecule has 0 saturated carbocycles. The quantitative estimate of drug-likeness (QED) is 0.789. The van der Waals surface area contributed by atoms with Crippen LogP contribution in [0.1, 0.15) is 43.7 Å². The molecule has 0 aliphatic heterocycles. The van der Waals surface area contributed by atoms with Crippen molar-refractivity contribution in [2.24, 2.45) is 11.5 Å². The van der Waals surface area contributed by atoms with Crippen molar-refractivity contribution in [3.8, 4) is 0 Å². The van der Waals surface area contributed by atoms with Crippen LogP contribution < -0.4 is 11.5 Å². The summed E-state index contributed by atoms with van der Waals surface area (Å²) in [7, 11) is 0. The van der Waals surface area contributed by atoms with E-state index in [1.54, 1.807) is 0 Å². The predicted molar refractivity (Wildman–Crippen MR) is 70.6 cm³/mol. The van der Waals surface area contributed by atoms with Gasteiger partial charge in [-0.2, -0.15) is 0 Å². The lowest BCUT2D eigenvalue weighted by atomic mass is 9.99. The standard InChI is InChI=1S/C14H22N2O/c1-10(2)12-8-6-11(7-9-12)4-3-5-13(15)14(16)17/h6-10,13H,3-5,15H2,1-2H3,(H2,16,17). The van der Waals surface area contributed by atoms with Gasteiger partial charge in [0.1, 0.15) is 0 Å². The van der Waals surface area contributed by atoms with Gasteiger partial charge in [0.05, 0.1) is 6.04 Å². The van der Waals surface area contributed by atoms with Crippen LogP contribution in [0, 0.1) is 0 Å². The summed E-state index contributed by atoms with van der Waals surface area (Å²) in [6, 6.07) is 8.10. The summed E-state index contributed by atoms with van der Waals surface area (Å²) in [6.45, 7) is 4.36. The van der Waals surface area contributed by atoms with E-state index < -0.39 is 11.9 Å². The lowest BCUT2D eigenvalue weighted by Gasteiger charge is -2.08. The van der Waals surface area contributed by atoms with Gasteiger partial charge in [-0.05, 0) is 36.3 Å². The van der Waals surface area contributed by atoms with Crippen LogP contribution in [0.15, 0.2) is 24.3 Å². The normalized spacial score (nSPS) is 12.7. The van der Waals surface area contributed by atoms with E-state index in [1.165, 1.54) is 11.1 Å². The Bertz CT molecular complexity index is 357. The molecule has 0 spiro atoms. The van der Waals surface area contributed by atoms with Gasteiger partial charge in [0.25, 0.3) is 0 Å². The summed E-state index contributed by atoms with van der Waals surface area (Å²) in [5.41, 5.74) is 13.3. The van der Waals surface area contributed by atoms with Gasteiger partial charge in [0, 0.05) is 0 Å². The maximum absolute atomic E-state index is 10.8. The minimum absolute atomic E-state index is 0.417. The third-order valence-corrected chi connectivity index (χ3v) is 2.99. The second-order valence-corrected chi connectivity index (χ2v) is 4.80. The highest BCUT2D eigenvalue weighted by Gasteiger charge is 2.08. The smallest absolute Gasteiger partial charge is 0.234 e. The summed E-state index contributed by atoms with van der Waals surface area (Å²) in [6.07, 6.45) is 2.49. The minimum atomic E-state index is -0.509. The zero-order valence-electron chi connectivity index (χ0n) is 10.6. The van der Waals surface area contributed by atoms with Gasteiger partial charge in [-0.3, -0.25) is 4.79 Å². The zero-order valence-corrected chi connectivity index (χ0v) is 10.6. The second kappa shape index (κ2) is 6.40. The van der Waals surface area contributed by atoms with E-state index in [1.807, 2.05) is 0 Å². The molecule has 3 nitrogen and oxygen atoms in total. The highest BCUT2D eigenvalue weighted by molar-refractivity contribution is 5.79. The molecule has 0 aliphatic rings. The molecule has 17 heavy (non-hydrogen) atoms. The molecule has 1 rings (SSSR count). The number of primary amides is 1. The molecule has 0 bridgehead atoms. The Hall–Kier alpha value is -1.35. The summed E-state index contributed by atoms with van der Waals surface area (Å²) >= 11 is 0. The first-order valence-electron chi connectivity index (χ1n) is 6.14. The van der Waals surface area contributed by atoms with Crippen LogP contribution in [-0.2, 0) is 11.2 Å². The Labute approximate surface area is 103 Å². The van der Waals surface area contributed by atoms with Crippen molar-refractivity contribution in [3.05, 3.63) is 35.4 Å². The molecule has 94 valence electrons. The summed E-state index contributed by atoms with van der Waals surface area (Å²) in [4.78, 5) is 10.8. The number of nitrogens with two attached hydrogens (primary N) is 2. The van der Waals surface area contributed by atoms with E-state index >= 15 is 0 Å². The number of benzene rings is 1. The molecule has 1 amide bonds. The minimum Gasteiger partial charge on any atom is -0.368 e. The van der Waals surface area contributed by atoms with Crippen molar-refractivity contribution in [1.82, 2.24) is 0 Å². The first-order chi connectivity index (χ1) is 8.00. The van der Waals surface area contributed by atoms with Crippen LogP contribution in [0.4, 0.5) is 0 Å². The number of aryl methyl sites for hydroxylation is 1. The van der Waals surface area contributed by atoms with Crippen LogP contribution >= 0.6 is 0 Å². The van der Waals surface area contributed by atoms with Crippen LogP contribution in [0.5, 0.6) is 0 Å². The molecule has 1 unspecified atom stereocenters. The average Bonchev–Trinajstić information content (AvgIpc) is 2.29. The van der Waals surface area contributed by atoms with Gasteiger partial charge in [-0.25, -0.2) is 0 Å². The molecule has 0 saturated heterocycles. The number of amides is 1. The molecule has 1 atom stereocenters. The maximum Gasteiger partial charge on any atom is 0.234 e. The third-order valence-electron chi connectivity index (χ3n) is 2.99. The molecule has 1 aromatic carbocycles. The van der Waals surface area contributed by atoms with Crippen molar-refractivity contribution >= 4 is 5.91 Å². The number of hydrogen-bond donors (Lipinski definition) is 2. The fourth-order valence-electron chi connectivity index (χ4n) is 1.74. The molecular formula is C14H22N2O. The number of hydrogen-bond acceptors (Lipinski definition) is 2. The van der Waals surface area contributed by atoms with Crippen LogP contribution in [-0.4, -0.2) is 11.9 Å². The monoisotopic (exact) mass is 234 g/mol. The Morgan fingerprint density at radius 1 is 1.24 bits per heavy atom. The van der Waals surface area contributed by atoms with Crippen molar-refractivity contribution in [2.75, 3.05) is 0 Å². The summed E-state index contributed by atoms with van der Waals surface area (Å²) in [5, 5.41) is 0. The Balaban J connectivity index is 2.40. The van der Waals surface area contributed by atoms with Gasteiger partial charge >= 0.3 is 0 Å². The van der Waals surface area contributed by atoms with Crippen molar-refractivity contribution in [1.29, 1.82) is 0 Å². The fourth-order valence-corrected chi connectivity index (χ4v) is 1.74. The van der Waals surface area contributed by atoms with E-state index in [2.05, 4.69) is 38.1 Å². The fraction of sp³-hybridized carbons (Fsp3) is 0.500. The average molecular weight is 234 g/mol. The van der Waals surface area contributed by atoms with Gasteiger partial charge in [-0.1, -0.05) is 38.1 Å². The van der Waals surface area contributed by atoms with Crippen LogP contribution in [0.25, 0.3) is 0 Å². The molecule has 0 radical (unpaired) electrons. The molecule has 4 N–H and O–H groups in total. The topological polar surface area (TPSA) is 69.1 Å². The number of rotatable bonds is 6. The van der Waals surface area contributed by atoms with E-state index in [0.717, 1.165) is 12.8 Å². The third kappa shape index (κ3) is 4.57. The molecular weight excluding hydrogens is 212 g/mol. The number of carbonyl (C=O) groups excluding carboxylic acids is 1. The van der Waals surface area contributed by atoms with Gasteiger partial charge in [0.2, 0.25) is 5.91 Å². The predicted octanol–water partition coefficient (Wildman–Crippen LogP) is 1.95. The molecule has 1 aromatic rings. The van der Waals surface area contributed by atoms with Gasteiger partial charge in [-0.15, -0.1) is 0 Å². The number of carbonyl (C=O) groups is 1. The zero-order chi connectivity index (χ0) is 12.8. The molecule has 3 heteroatoms. The SMILES string of the molecule is CC(C)c1ccc(CCCC(N)C(N)=O)cc1. The highest BCUT2D eigenvalue weighted by Crippen LogP contribution is 2.15. The first kappa shape index (κ1) is 13.7. The van der Waals surface area contributed by atoms with Gasteiger partial charge in [0.15, 0.2) is 0 Å². The van der Waals surface area contributed by atoms with E-state index in [9.17, 15) is 4.79 Å². The summed E-state index contributed by atoms with van der Waals surface area (Å²) < 4.78 is 0. The van der Waals surface area contributed by atoms with Gasteiger partial charge < -0.3 is 11.5 Å². The molecule has 0 aromatic heterocycles. The van der Waals surface area contributed by atoms with Crippen molar-refractivity contribution in [2.45, 2.75) is 45.1 Å². The Morgan fingerprint density at radius 3 is 2.29 bits per heavy atom. The highest BCUT2D eigenvalue weighted by atomic mass is 16.1. The van der Waals surface area contributed by atoms with E-state index in [-0.39, 0.29) is 0 Å². The van der Waals surface area contributed by atoms with E-state index in [0.29, 0.717) is 12.3 Å². The molecule has 0 fully saturated rings. The lowest BCUT2D eigenvalue weighted by Crippen LogP contribution is -2.36. The summed E-state index contributed by atoms with van der Waals surface area (Å²) in [5.74, 6) is 0.146. The van der Waals surface area contributed by atoms with Crippen LogP contribution in [0.2, 0.25) is 0 Å². The molecule has 0 aliphatic carbocycles. The van der Waals surface area contributed by atoms with Crippen LogP contribution in [0.3, 0.4) is 0 Å². The van der Waals surface area contributed by atoms with E-state index in [4.69, 9.17) is 11.5 Å². The largest absolute Gasteiger partial charge is 0.368 e.